The maximum atomic E-state index is 5.37. The highest BCUT2D eigenvalue weighted by atomic mass is 16.5. The van der Waals surface area contributed by atoms with Crippen LogP contribution >= 0.6 is 0 Å². The number of hydrogen-bond donors (Lipinski definition) is 0. The molecule has 2 rings (SSSR count). The number of benzene rings is 2. The molecule has 0 N–H and O–H groups in total. The minimum atomic E-state index is 0.975. The molecular formula is C21H32O2. The highest BCUT2D eigenvalue weighted by Crippen LogP contribution is 2.22. The zero-order valence-corrected chi connectivity index (χ0v) is 15.6. The topological polar surface area (TPSA) is 18.5 Å². The fraction of sp³-hybridized carbons (Fsp3) is 0.429. The Bertz CT molecular complexity index is 473. The van der Waals surface area contributed by atoms with Crippen LogP contribution in [0.4, 0.5) is 0 Å². The van der Waals surface area contributed by atoms with E-state index >= 15 is 0 Å². The van der Waals surface area contributed by atoms with E-state index in [4.69, 9.17) is 9.47 Å². The van der Waals surface area contributed by atoms with Gasteiger partial charge in [0.15, 0.2) is 0 Å². The molecule has 0 saturated carbocycles. The van der Waals surface area contributed by atoms with Gasteiger partial charge >= 0.3 is 0 Å². The predicted molar refractivity (Wildman–Crippen MR) is 101 cm³/mol. The molecule has 2 aromatic carbocycles. The number of para-hydroxylation sites is 2. The lowest BCUT2D eigenvalue weighted by molar-refractivity contribution is 0.406. The second-order valence-electron chi connectivity index (χ2n) is 4.48. The number of methoxy groups -OCH3 is 2. The lowest BCUT2D eigenvalue weighted by atomic mass is 10.0. The monoisotopic (exact) mass is 316 g/mol. The van der Waals surface area contributed by atoms with Crippen molar-refractivity contribution in [3.8, 4) is 11.5 Å². The summed E-state index contributed by atoms with van der Waals surface area (Å²) < 4.78 is 10.7. The fourth-order valence-electron chi connectivity index (χ4n) is 2.29. The molecule has 2 heteroatoms. The van der Waals surface area contributed by atoms with Crippen molar-refractivity contribution in [1.29, 1.82) is 0 Å². The first-order valence-corrected chi connectivity index (χ1v) is 8.59. The van der Waals surface area contributed by atoms with Crippen LogP contribution in [-0.2, 0) is 12.8 Å². The summed E-state index contributed by atoms with van der Waals surface area (Å²) >= 11 is 0. The molecule has 0 amide bonds. The lowest BCUT2D eigenvalue weighted by Gasteiger charge is -2.10. The van der Waals surface area contributed by atoms with E-state index < -0.39 is 0 Å². The van der Waals surface area contributed by atoms with Crippen molar-refractivity contribution in [2.75, 3.05) is 14.2 Å². The van der Waals surface area contributed by atoms with Gasteiger partial charge in [0.2, 0.25) is 0 Å². The third-order valence-electron chi connectivity index (χ3n) is 3.28. The number of ether oxygens (including phenoxy) is 2. The Hall–Kier alpha value is -1.96. The van der Waals surface area contributed by atoms with E-state index in [1.54, 1.807) is 14.2 Å². The SMILES string of the molecule is CC.CC.COc1ccccc1CCCc1ccccc1OC. The van der Waals surface area contributed by atoms with Crippen LogP contribution in [0.2, 0.25) is 0 Å². The first-order valence-electron chi connectivity index (χ1n) is 8.59. The van der Waals surface area contributed by atoms with Crippen LogP contribution in [-0.4, -0.2) is 14.2 Å². The van der Waals surface area contributed by atoms with Gasteiger partial charge in [0, 0.05) is 0 Å². The Morgan fingerprint density at radius 2 is 0.957 bits per heavy atom. The van der Waals surface area contributed by atoms with E-state index in [1.165, 1.54) is 11.1 Å². The van der Waals surface area contributed by atoms with Crippen LogP contribution in [0.1, 0.15) is 45.2 Å². The number of rotatable bonds is 6. The standard InChI is InChI=1S/C17H20O2.2C2H6/c1-18-16-12-5-3-8-14(16)10-7-11-15-9-4-6-13-17(15)19-2;2*1-2/h3-6,8-9,12-13H,7,10-11H2,1-2H3;2*1-2H3. The first-order chi connectivity index (χ1) is 11.3. The van der Waals surface area contributed by atoms with Crippen molar-refractivity contribution in [3.05, 3.63) is 59.7 Å². The van der Waals surface area contributed by atoms with Gasteiger partial charge in [-0.2, -0.15) is 0 Å². The molecule has 0 aliphatic rings. The molecule has 0 heterocycles. The molecule has 0 radical (unpaired) electrons. The molecule has 23 heavy (non-hydrogen) atoms. The van der Waals surface area contributed by atoms with Crippen LogP contribution in [0.25, 0.3) is 0 Å². The van der Waals surface area contributed by atoms with E-state index in [-0.39, 0.29) is 0 Å². The van der Waals surface area contributed by atoms with E-state index in [2.05, 4.69) is 24.3 Å². The van der Waals surface area contributed by atoms with Crippen LogP contribution in [0.5, 0.6) is 11.5 Å². The zero-order chi connectivity index (χ0) is 17.5. The van der Waals surface area contributed by atoms with Gasteiger partial charge < -0.3 is 9.47 Å². The van der Waals surface area contributed by atoms with Crippen molar-refractivity contribution in [2.24, 2.45) is 0 Å². The third-order valence-corrected chi connectivity index (χ3v) is 3.28. The van der Waals surface area contributed by atoms with Crippen LogP contribution in [0.3, 0.4) is 0 Å². The number of aryl methyl sites for hydroxylation is 2. The second kappa shape index (κ2) is 13.7. The molecule has 2 nitrogen and oxygen atoms in total. The van der Waals surface area contributed by atoms with Crippen LogP contribution in [0.15, 0.2) is 48.5 Å². The number of hydrogen-bond acceptors (Lipinski definition) is 2. The van der Waals surface area contributed by atoms with Gasteiger partial charge in [-0.25, -0.2) is 0 Å². The van der Waals surface area contributed by atoms with Gasteiger partial charge in [-0.1, -0.05) is 64.1 Å². The van der Waals surface area contributed by atoms with Gasteiger partial charge in [0.1, 0.15) is 11.5 Å². The Kier molecular flexibility index (Phi) is 12.5. The molecule has 0 bridgehead atoms. The lowest BCUT2D eigenvalue weighted by Crippen LogP contribution is -1.96. The maximum absolute atomic E-state index is 5.37. The molecule has 0 aromatic heterocycles. The molecule has 0 fully saturated rings. The van der Waals surface area contributed by atoms with Crippen molar-refractivity contribution >= 4 is 0 Å². The molecule has 0 aliphatic heterocycles. The Morgan fingerprint density at radius 1 is 0.609 bits per heavy atom. The Balaban J connectivity index is 0.00000112. The third kappa shape index (κ3) is 7.23. The van der Waals surface area contributed by atoms with Crippen LogP contribution < -0.4 is 9.47 Å². The molecule has 0 atom stereocenters. The van der Waals surface area contributed by atoms with E-state index in [0.717, 1.165) is 30.8 Å². The van der Waals surface area contributed by atoms with Crippen molar-refractivity contribution in [3.63, 3.8) is 0 Å². The summed E-state index contributed by atoms with van der Waals surface area (Å²) in [6.45, 7) is 8.00. The maximum Gasteiger partial charge on any atom is 0.122 e. The largest absolute Gasteiger partial charge is 0.496 e. The summed E-state index contributed by atoms with van der Waals surface area (Å²) in [6, 6.07) is 16.4. The predicted octanol–water partition coefficient (Wildman–Crippen LogP) is 5.93. The second-order valence-corrected chi connectivity index (χ2v) is 4.48. The molecule has 0 aliphatic carbocycles. The minimum Gasteiger partial charge on any atom is -0.496 e. The average molecular weight is 316 g/mol. The first kappa shape index (κ1) is 21.0. The highest BCUT2D eigenvalue weighted by Gasteiger charge is 2.04. The molecule has 0 saturated heterocycles. The van der Waals surface area contributed by atoms with E-state index in [9.17, 15) is 0 Å². The Morgan fingerprint density at radius 3 is 1.30 bits per heavy atom. The average Bonchev–Trinajstić information content (AvgIpc) is 2.66. The van der Waals surface area contributed by atoms with Crippen molar-refractivity contribution in [2.45, 2.75) is 47.0 Å². The normalized spacial score (nSPS) is 8.96. The van der Waals surface area contributed by atoms with Crippen LogP contribution in [0, 0.1) is 0 Å². The summed E-state index contributed by atoms with van der Waals surface area (Å²) in [5, 5.41) is 0. The summed E-state index contributed by atoms with van der Waals surface area (Å²) in [5.41, 5.74) is 2.53. The van der Waals surface area contributed by atoms with Gasteiger partial charge in [-0.15, -0.1) is 0 Å². The molecule has 2 aromatic rings. The summed E-state index contributed by atoms with van der Waals surface area (Å²) in [5.74, 6) is 1.95. The summed E-state index contributed by atoms with van der Waals surface area (Å²) in [7, 11) is 3.44. The molecular weight excluding hydrogens is 284 g/mol. The molecule has 128 valence electrons. The summed E-state index contributed by atoms with van der Waals surface area (Å²) in [6.07, 6.45) is 3.12. The molecule has 0 spiro atoms. The van der Waals surface area contributed by atoms with Gasteiger partial charge in [-0.05, 0) is 42.5 Å². The molecule has 0 unspecified atom stereocenters. The van der Waals surface area contributed by atoms with Gasteiger partial charge in [0.25, 0.3) is 0 Å². The van der Waals surface area contributed by atoms with E-state index in [1.807, 2.05) is 52.0 Å². The van der Waals surface area contributed by atoms with Gasteiger partial charge in [-0.3, -0.25) is 0 Å². The van der Waals surface area contributed by atoms with Crippen molar-refractivity contribution in [1.82, 2.24) is 0 Å². The van der Waals surface area contributed by atoms with E-state index in [0.29, 0.717) is 0 Å². The fourth-order valence-corrected chi connectivity index (χ4v) is 2.29. The Labute approximate surface area is 142 Å². The van der Waals surface area contributed by atoms with Gasteiger partial charge in [0.05, 0.1) is 14.2 Å². The quantitative estimate of drug-likeness (QED) is 0.657. The smallest absolute Gasteiger partial charge is 0.122 e. The van der Waals surface area contributed by atoms with Crippen molar-refractivity contribution < 1.29 is 9.47 Å². The highest BCUT2D eigenvalue weighted by molar-refractivity contribution is 5.35. The summed E-state index contributed by atoms with van der Waals surface area (Å²) in [4.78, 5) is 0. The minimum absolute atomic E-state index is 0.975. The zero-order valence-electron chi connectivity index (χ0n) is 15.6.